The van der Waals surface area contributed by atoms with Crippen LogP contribution in [0.15, 0.2) is 69.8 Å². The van der Waals surface area contributed by atoms with Gasteiger partial charge in [-0.1, -0.05) is 6.07 Å². The number of nitrogens with zero attached hydrogens (tertiary/aromatic N) is 2. The van der Waals surface area contributed by atoms with Gasteiger partial charge < -0.3 is 15.1 Å². The minimum atomic E-state index is -0.402. The SMILES string of the molecule is O=C(Nc1ccc(-c2n[nH]c(C3CC3)n2)cc1)c1cccc(NC(=O)c2ccc(Br)o2)c1. The van der Waals surface area contributed by atoms with Gasteiger partial charge in [-0.2, -0.15) is 5.10 Å². The third-order valence-corrected chi connectivity index (χ3v) is 5.47. The number of carbonyl (C=O) groups excluding carboxylic acids is 2. The molecule has 3 N–H and O–H groups in total. The van der Waals surface area contributed by atoms with E-state index in [-0.39, 0.29) is 11.7 Å². The second kappa shape index (κ2) is 8.43. The number of benzene rings is 2. The lowest BCUT2D eigenvalue weighted by atomic mass is 10.1. The fraction of sp³-hybridized carbons (Fsp3) is 0.130. The van der Waals surface area contributed by atoms with Gasteiger partial charge in [0, 0.05) is 28.4 Å². The van der Waals surface area contributed by atoms with Gasteiger partial charge in [-0.25, -0.2) is 4.98 Å². The molecule has 0 atom stereocenters. The van der Waals surface area contributed by atoms with Gasteiger partial charge >= 0.3 is 0 Å². The summed E-state index contributed by atoms with van der Waals surface area (Å²) < 4.78 is 5.71. The second-order valence-corrected chi connectivity index (χ2v) is 8.27. The van der Waals surface area contributed by atoms with Crippen molar-refractivity contribution < 1.29 is 14.0 Å². The normalized spacial score (nSPS) is 13.0. The average molecular weight is 492 g/mol. The highest BCUT2D eigenvalue weighted by atomic mass is 79.9. The molecule has 2 aromatic carbocycles. The molecule has 0 spiro atoms. The first-order valence-electron chi connectivity index (χ1n) is 10.1. The van der Waals surface area contributed by atoms with E-state index < -0.39 is 5.91 Å². The Morgan fingerprint density at radius 1 is 0.969 bits per heavy atom. The summed E-state index contributed by atoms with van der Waals surface area (Å²) in [7, 11) is 0. The summed E-state index contributed by atoms with van der Waals surface area (Å²) in [6.45, 7) is 0. The van der Waals surface area contributed by atoms with Gasteiger partial charge in [0.2, 0.25) is 0 Å². The van der Waals surface area contributed by atoms with Gasteiger partial charge in [-0.3, -0.25) is 14.7 Å². The zero-order valence-corrected chi connectivity index (χ0v) is 18.3. The number of hydrogen-bond donors (Lipinski definition) is 3. The molecule has 1 aliphatic carbocycles. The molecule has 0 aliphatic heterocycles. The molecule has 0 saturated heterocycles. The summed E-state index contributed by atoms with van der Waals surface area (Å²) in [5, 5.41) is 12.9. The summed E-state index contributed by atoms with van der Waals surface area (Å²) in [4.78, 5) is 29.5. The van der Waals surface area contributed by atoms with Crippen LogP contribution in [-0.2, 0) is 0 Å². The molecule has 0 bridgehead atoms. The molecule has 2 heterocycles. The van der Waals surface area contributed by atoms with Gasteiger partial charge in [-0.05, 0) is 83.4 Å². The van der Waals surface area contributed by atoms with Crippen molar-refractivity contribution in [2.24, 2.45) is 0 Å². The van der Waals surface area contributed by atoms with E-state index in [0.29, 0.717) is 33.4 Å². The molecule has 160 valence electrons. The molecule has 8 nitrogen and oxygen atoms in total. The molecule has 2 amide bonds. The van der Waals surface area contributed by atoms with Gasteiger partial charge in [0.1, 0.15) is 5.82 Å². The summed E-state index contributed by atoms with van der Waals surface area (Å²) in [6.07, 6.45) is 2.32. The molecule has 9 heteroatoms. The fourth-order valence-corrected chi connectivity index (χ4v) is 3.52. The maximum absolute atomic E-state index is 12.7. The number of furan rings is 1. The van der Waals surface area contributed by atoms with Crippen molar-refractivity contribution in [2.75, 3.05) is 10.6 Å². The topological polar surface area (TPSA) is 113 Å². The van der Waals surface area contributed by atoms with Gasteiger partial charge in [0.15, 0.2) is 16.3 Å². The molecular formula is C23H18BrN5O3. The molecule has 0 radical (unpaired) electrons. The smallest absolute Gasteiger partial charge is 0.291 e. The van der Waals surface area contributed by atoms with Crippen molar-refractivity contribution in [1.29, 1.82) is 0 Å². The number of anilines is 2. The first-order valence-corrected chi connectivity index (χ1v) is 10.9. The first kappa shape index (κ1) is 20.2. The quantitative estimate of drug-likeness (QED) is 0.342. The van der Waals surface area contributed by atoms with Crippen LogP contribution >= 0.6 is 15.9 Å². The zero-order chi connectivity index (χ0) is 22.1. The minimum Gasteiger partial charge on any atom is -0.444 e. The summed E-state index contributed by atoms with van der Waals surface area (Å²) in [6, 6.07) is 17.2. The lowest BCUT2D eigenvalue weighted by Crippen LogP contribution is -2.14. The zero-order valence-electron chi connectivity index (χ0n) is 16.8. The highest BCUT2D eigenvalue weighted by molar-refractivity contribution is 9.10. The molecular weight excluding hydrogens is 474 g/mol. The number of amides is 2. The third kappa shape index (κ3) is 4.47. The Hall–Kier alpha value is -3.72. The van der Waals surface area contributed by atoms with E-state index in [0.717, 1.165) is 24.2 Å². The number of H-pyrrole nitrogens is 1. The predicted molar refractivity (Wildman–Crippen MR) is 123 cm³/mol. The molecule has 1 fully saturated rings. The van der Waals surface area contributed by atoms with Crippen LogP contribution in [0.1, 0.15) is 45.5 Å². The van der Waals surface area contributed by atoms with Gasteiger partial charge in [0.25, 0.3) is 11.8 Å². The minimum absolute atomic E-state index is 0.169. The molecule has 0 unspecified atom stereocenters. The number of carbonyl (C=O) groups is 2. The van der Waals surface area contributed by atoms with Gasteiger partial charge in [0.05, 0.1) is 0 Å². The van der Waals surface area contributed by atoms with Crippen LogP contribution in [0, 0.1) is 0 Å². The summed E-state index contributed by atoms with van der Waals surface area (Å²) >= 11 is 3.17. The van der Waals surface area contributed by atoms with Crippen molar-refractivity contribution in [1.82, 2.24) is 15.2 Å². The Kier molecular flexibility index (Phi) is 5.32. The maximum Gasteiger partial charge on any atom is 0.291 e. The van der Waals surface area contributed by atoms with Crippen LogP contribution in [0.5, 0.6) is 0 Å². The number of aromatic amines is 1. The number of rotatable bonds is 6. The van der Waals surface area contributed by atoms with Crippen molar-refractivity contribution in [3.05, 3.63) is 82.5 Å². The van der Waals surface area contributed by atoms with Crippen LogP contribution in [0.25, 0.3) is 11.4 Å². The van der Waals surface area contributed by atoms with Crippen molar-refractivity contribution in [3.63, 3.8) is 0 Å². The molecule has 1 aliphatic rings. The van der Waals surface area contributed by atoms with Crippen LogP contribution in [-0.4, -0.2) is 27.0 Å². The average Bonchev–Trinajstić information content (AvgIpc) is 3.36. The van der Waals surface area contributed by atoms with E-state index in [1.807, 2.05) is 12.1 Å². The van der Waals surface area contributed by atoms with Crippen LogP contribution in [0.3, 0.4) is 0 Å². The number of aromatic nitrogens is 3. The second-order valence-electron chi connectivity index (χ2n) is 7.49. The Labute approximate surface area is 191 Å². The molecule has 5 rings (SSSR count). The fourth-order valence-electron chi connectivity index (χ4n) is 3.22. The Morgan fingerprint density at radius 3 is 2.47 bits per heavy atom. The van der Waals surface area contributed by atoms with Crippen LogP contribution in [0.4, 0.5) is 11.4 Å². The Balaban J connectivity index is 1.24. The summed E-state index contributed by atoms with van der Waals surface area (Å²) in [5.74, 6) is 1.57. The monoisotopic (exact) mass is 491 g/mol. The van der Waals surface area contributed by atoms with Crippen molar-refractivity contribution in [3.8, 4) is 11.4 Å². The Bertz CT molecular complexity index is 1290. The van der Waals surface area contributed by atoms with Gasteiger partial charge in [-0.15, -0.1) is 0 Å². The highest BCUT2D eigenvalue weighted by Crippen LogP contribution is 2.38. The molecule has 4 aromatic rings. The predicted octanol–water partition coefficient (Wildman–Crippen LogP) is 5.21. The molecule has 1 saturated carbocycles. The van der Waals surface area contributed by atoms with E-state index in [1.54, 1.807) is 48.5 Å². The molecule has 32 heavy (non-hydrogen) atoms. The maximum atomic E-state index is 12.7. The van der Waals surface area contributed by atoms with E-state index in [4.69, 9.17) is 4.42 Å². The lowest BCUT2D eigenvalue weighted by molar-refractivity contribution is 0.0992. The third-order valence-electron chi connectivity index (χ3n) is 5.05. The largest absolute Gasteiger partial charge is 0.444 e. The Morgan fingerprint density at radius 2 is 1.75 bits per heavy atom. The molecule has 2 aromatic heterocycles. The highest BCUT2D eigenvalue weighted by Gasteiger charge is 2.27. The van der Waals surface area contributed by atoms with E-state index >= 15 is 0 Å². The summed E-state index contributed by atoms with van der Waals surface area (Å²) in [5.41, 5.74) is 2.42. The van der Waals surface area contributed by atoms with Crippen molar-refractivity contribution in [2.45, 2.75) is 18.8 Å². The number of halogens is 1. The number of hydrogen-bond acceptors (Lipinski definition) is 5. The lowest BCUT2D eigenvalue weighted by Gasteiger charge is -2.08. The standard InChI is InChI=1S/C23H18BrN5O3/c24-19-11-10-18(32-19)23(31)26-17-3-1-2-15(12-17)22(30)25-16-8-6-14(7-9-16)21-27-20(28-29-21)13-4-5-13/h1-3,6-13H,4-5H2,(H,25,30)(H,26,31)(H,27,28,29). The number of nitrogens with one attached hydrogen (secondary N) is 3. The van der Waals surface area contributed by atoms with Crippen molar-refractivity contribution >= 4 is 39.1 Å². The van der Waals surface area contributed by atoms with E-state index in [9.17, 15) is 9.59 Å². The van der Waals surface area contributed by atoms with E-state index in [1.165, 1.54) is 0 Å². The van der Waals surface area contributed by atoms with Crippen LogP contribution < -0.4 is 10.6 Å². The first-order chi connectivity index (χ1) is 15.5. The van der Waals surface area contributed by atoms with Crippen LogP contribution in [0.2, 0.25) is 0 Å². The van der Waals surface area contributed by atoms with E-state index in [2.05, 4.69) is 41.7 Å².